The molecular formula is C31H27N5O3. The van der Waals surface area contributed by atoms with Gasteiger partial charge in [0.2, 0.25) is 5.90 Å². The van der Waals surface area contributed by atoms with Gasteiger partial charge in [-0.05, 0) is 74.0 Å². The summed E-state index contributed by atoms with van der Waals surface area (Å²) >= 11 is 0. The van der Waals surface area contributed by atoms with Crippen LogP contribution in [0.15, 0.2) is 93.0 Å². The first kappa shape index (κ1) is 22.4. The monoisotopic (exact) mass is 517 g/mol. The minimum Gasteiger partial charge on any atom is -0.464 e. The number of fused-ring (bicyclic) bond motifs is 3. The zero-order valence-corrected chi connectivity index (χ0v) is 21.3. The van der Waals surface area contributed by atoms with Gasteiger partial charge < -0.3 is 13.6 Å². The fourth-order valence-electron chi connectivity index (χ4n) is 5.93. The van der Waals surface area contributed by atoms with E-state index in [-0.39, 0.29) is 6.23 Å². The van der Waals surface area contributed by atoms with Crippen molar-refractivity contribution in [1.82, 2.24) is 20.5 Å². The van der Waals surface area contributed by atoms with E-state index in [1.165, 1.54) is 0 Å². The standard InChI is InChI=1S/C31H27N5O3/c1-2-6-28-19(4-1)15-24(38-28)18-36-12-3-5-23(17-36)31-35-34-30(39-31)22-7-9-26-25(16-22)29(33-32-26)21-8-10-27-20(14-21)11-13-37-27/h1-2,4,6-11,13-16,23,31,35H,3,5,12,17-18H2,(H,32,33). The van der Waals surface area contributed by atoms with E-state index in [2.05, 4.69) is 49.9 Å². The minimum absolute atomic E-state index is 0.151. The maximum atomic E-state index is 6.40. The van der Waals surface area contributed by atoms with Crippen LogP contribution in [0.2, 0.25) is 0 Å². The van der Waals surface area contributed by atoms with E-state index < -0.39 is 0 Å². The van der Waals surface area contributed by atoms with Gasteiger partial charge in [0.1, 0.15) is 16.9 Å². The van der Waals surface area contributed by atoms with Crippen LogP contribution in [-0.4, -0.2) is 40.3 Å². The molecule has 2 unspecified atom stereocenters. The lowest BCUT2D eigenvalue weighted by Crippen LogP contribution is -2.43. The zero-order chi connectivity index (χ0) is 25.8. The Morgan fingerprint density at radius 1 is 0.923 bits per heavy atom. The Kier molecular flexibility index (Phi) is 5.19. The van der Waals surface area contributed by atoms with E-state index in [1.54, 1.807) is 6.26 Å². The molecule has 0 amide bonds. The molecule has 0 radical (unpaired) electrons. The van der Waals surface area contributed by atoms with E-state index in [9.17, 15) is 0 Å². The highest BCUT2D eigenvalue weighted by Crippen LogP contribution is 2.31. The summed E-state index contributed by atoms with van der Waals surface area (Å²) in [4.78, 5) is 2.45. The second-order valence-corrected chi connectivity index (χ2v) is 10.5. The number of para-hydroxylation sites is 1. The number of furan rings is 2. The predicted molar refractivity (Wildman–Crippen MR) is 150 cm³/mol. The summed E-state index contributed by atoms with van der Waals surface area (Å²) in [5.41, 5.74) is 8.90. The van der Waals surface area contributed by atoms with Crippen molar-refractivity contribution in [3.63, 3.8) is 0 Å². The molecule has 1 saturated heterocycles. The average molecular weight is 518 g/mol. The van der Waals surface area contributed by atoms with Crippen molar-refractivity contribution < 1.29 is 13.6 Å². The Morgan fingerprint density at radius 3 is 2.82 bits per heavy atom. The number of nitrogens with zero attached hydrogens (tertiary/aromatic N) is 3. The SMILES string of the molecule is c1ccc2oc(CN3CCCC(C4NN=C(c5ccc6[nH]nc(-c7ccc8occc8c7)c6c5)O4)C3)cc2c1. The Labute approximate surface area is 224 Å². The molecule has 8 heteroatoms. The lowest BCUT2D eigenvalue weighted by molar-refractivity contribution is 0.0514. The lowest BCUT2D eigenvalue weighted by atomic mass is 9.96. The van der Waals surface area contributed by atoms with Gasteiger partial charge >= 0.3 is 0 Å². The van der Waals surface area contributed by atoms with Gasteiger partial charge in [-0.3, -0.25) is 15.4 Å². The number of hydrogen-bond acceptors (Lipinski definition) is 7. The van der Waals surface area contributed by atoms with Crippen molar-refractivity contribution in [3.8, 4) is 11.3 Å². The summed E-state index contributed by atoms with van der Waals surface area (Å²) in [6, 6.07) is 24.6. The molecule has 8 rings (SSSR count). The number of hydrazone groups is 1. The van der Waals surface area contributed by atoms with Crippen LogP contribution in [0.1, 0.15) is 24.2 Å². The molecule has 194 valence electrons. The Balaban J connectivity index is 0.984. The van der Waals surface area contributed by atoms with E-state index in [1.807, 2.05) is 48.5 Å². The summed E-state index contributed by atoms with van der Waals surface area (Å²) in [5, 5.41) is 15.6. The molecule has 6 aromatic rings. The topological polar surface area (TPSA) is 91.8 Å². The first-order chi connectivity index (χ1) is 19.3. The predicted octanol–water partition coefficient (Wildman–Crippen LogP) is 6.24. The molecule has 3 aromatic carbocycles. The number of aromatic amines is 1. The quantitative estimate of drug-likeness (QED) is 0.281. The number of ether oxygens (including phenoxy) is 1. The van der Waals surface area contributed by atoms with Crippen molar-refractivity contribution in [2.45, 2.75) is 25.6 Å². The highest BCUT2D eigenvalue weighted by molar-refractivity contribution is 6.02. The molecule has 2 aliphatic heterocycles. The molecule has 0 saturated carbocycles. The molecule has 2 atom stereocenters. The number of rotatable bonds is 5. The molecule has 0 aliphatic carbocycles. The molecule has 1 fully saturated rings. The van der Waals surface area contributed by atoms with Crippen LogP contribution >= 0.6 is 0 Å². The highest BCUT2D eigenvalue weighted by atomic mass is 16.5. The smallest absolute Gasteiger partial charge is 0.240 e. The highest BCUT2D eigenvalue weighted by Gasteiger charge is 2.33. The Bertz CT molecular complexity index is 1810. The van der Waals surface area contributed by atoms with Crippen molar-refractivity contribution in [1.29, 1.82) is 0 Å². The van der Waals surface area contributed by atoms with Crippen LogP contribution in [0.25, 0.3) is 44.1 Å². The molecule has 5 heterocycles. The number of piperidine rings is 1. The molecule has 8 nitrogen and oxygen atoms in total. The molecule has 3 aromatic heterocycles. The summed E-state index contributed by atoms with van der Waals surface area (Å²) in [7, 11) is 0. The molecular weight excluding hydrogens is 490 g/mol. The number of H-pyrrole nitrogens is 1. The van der Waals surface area contributed by atoms with E-state index >= 15 is 0 Å². The van der Waals surface area contributed by atoms with Gasteiger partial charge in [0, 0.05) is 39.7 Å². The molecule has 0 bridgehead atoms. The Hall–Kier alpha value is -4.56. The lowest BCUT2D eigenvalue weighted by Gasteiger charge is -2.34. The van der Waals surface area contributed by atoms with Crippen LogP contribution in [0.5, 0.6) is 0 Å². The van der Waals surface area contributed by atoms with Gasteiger partial charge in [0.25, 0.3) is 0 Å². The van der Waals surface area contributed by atoms with Crippen molar-refractivity contribution in [2.75, 3.05) is 13.1 Å². The van der Waals surface area contributed by atoms with Gasteiger partial charge in [-0.25, -0.2) is 0 Å². The van der Waals surface area contributed by atoms with Gasteiger partial charge in [-0.2, -0.15) is 5.10 Å². The van der Waals surface area contributed by atoms with Crippen LogP contribution in [0.3, 0.4) is 0 Å². The van der Waals surface area contributed by atoms with Crippen LogP contribution < -0.4 is 5.43 Å². The third kappa shape index (κ3) is 4.04. The van der Waals surface area contributed by atoms with Crippen molar-refractivity contribution in [2.24, 2.45) is 11.0 Å². The van der Waals surface area contributed by atoms with Crippen LogP contribution in [0, 0.1) is 5.92 Å². The first-order valence-electron chi connectivity index (χ1n) is 13.4. The zero-order valence-electron chi connectivity index (χ0n) is 21.3. The maximum Gasteiger partial charge on any atom is 0.240 e. The number of hydrogen-bond donors (Lipinski definition) is 2. The summed E-state index contributed by atoms with van der Waals surface area (Å²) in [6.07, 6.45) is 3.77. The van der Waals surface area contributed by atoms with Crippen molar-refractivity contribution >= 4 is 38.7 Å². The van der Waals surface area contributed by atoms with Crippen LogP contribution in [0.4, 0.5) is 0 Å². The van der Waals surface area contributed by atoms with E-state index in [0.717, 1.165) is 87.9 Å². The number of benzene rings is 3. The maximum absolute atomic E-state index is 6.40. The summed E-state index contributed by atoms with van der Waals surface area (Å²) in [6.45, 7) is 2.79. The summed E-state index contributed by atoms with van der Waals surface area (Å²) < 4.78 is 18.0. The van der Waals surface area contributed by atoms with Crippen LogP contribution in [-0.2, 0) is 11.3 Å². The van der Waals surface area contributed by atoms with E-state index in [0.29, 0.717) is 11.8 Å². The average Bonchev–Trinajstić information content (AvgIpc) is 3.77. The Morgan fingerprint density at radius 2 is 1.85 bits per heavy atom. The fourth-order valence-corrected chi connectivity index (χ4v) is 5.93. The molecule has 39 heavy (non-hydrogen) atoms. The van der Waals surface area contributed by atoms with Gasteiger partial charge in [0.15, 0.2) is 6.23 Å². The second-order valence-electron chi connectivity index (χ2n) is 10.5. The number of nitrogens with one attached hydrogen (secondary N) is 2. The normalized spacial score (nSPS) is 19.9. The fraction of sp³-hybridized carbons (Fsp3) is 0.226. The second kappa shape index (κ2) is 9.03. The largest absolute Gasteiger partial charge is 0.464 e. The molecule has 2 N–H and O–H groups in total. The van der Waals surface area contributed by atoms with Gasteiger partial charge in [-0.15, -0.1) is 5.10 Å². The van der Waals surface area contributed by atoms with Crippen molar-refractivity contribution in [3.05, 3.63) is 90.4 Å². The molecule has 2 aliphatic rings. The van der Waals surface area contributed by atoms with Gasteiger partial charge in [-0.1, -0.05) is 18.2 Å². The third-order valence-electron chi connectivity index (χ3n) is 7.89. The summed E-state index contributed by atoms with van der Waals surface area (Å²) in [5.74, 6) is 1.96. The first-order valence-corrected chi connectivity index (χ1v) is 13.4. The number of aromatic nitrogens is 2. The van der Waals surface area contributed by atoms with E-state index in [4.69, 9.17) is 13.6 Å². The minimum atomic E-state index is -0.151. The number of likely N-dealkylation sites (tertiary alicyclic amines) is 1. The van der Waals surface area contributed by atoms with Gasteiger partial charge in [0.05, 0.1) is 24.0 Å². The third-order valence-corrected chi connectivity index (χ3v) is 7.89. The molecule has 0 spiro atoms.